The van der Waals surface area contributed by atoms with E-state index in [-0.39, 0.29) is 36.7 Å². The zero-order valence-corrected chi connectivity index (χ0v) is 17.3. The van der Waals surface area contributed by atoms with Crippen molar-refractivity contribution in [2.45, 2.75) is 31.4 Å². The molecular weight excluding hydrogens is 393 g/mol. The van der Waals surface area contributed by atoms with Crippen LogP contribution in [0.1, 0.15) is 47.4 Å². The van der Waals surface area contributed by atoms with Gasteiger partial charge in [0.1, 0.15) is 11.6 Å². The monoisotopic (exact) mass is 419 g/mol. The van der Waals surface area contributed by atoms with Crippen molar-refractivity contribution in [2.75, 3.05) is 25.4 Å². The van der Waals surface area contributed by atoms with E-state index in [2.05, 4.69) is 6.92 Å². The Labute approximate surface area is 171 Å². The summed E-state index contributed by atoms with van der Waals surface area (Å²) >= 11 is 0. The lowest BCUT2D eigenvalue weighted by Crippen LogP contribution is -2.33. The van der Waals surface area contributed by atoms with Crippen molar-refractivity contribution < 1.29 is 22.3 Å². The number of hydrogen-bond donors (Lipinski definition) is 0. The van der Waals surface area contributed by atoms with Crippen LogP contribution in [0.5, 0.6) is 5.75 Å². The van der Waals surface area contributed by atoms with Crippen LogP contribution < -0.4 is 4.74 Å². The first-order valence-corrected chi connectivity index (χ1v) is 11.6. The Balaban J connectivity index is 1.71. The molecule has 0 aromatic heterocycles. The van der Waals surface area contributed by atoms with Gasteiger partial charge >= 0.3 is 0 Å². The predicted molar refractivity (Wildman–Crippen MR) is 110 cm³/mol. The van der Waals surface area contributed by atoms with Crippen LogP contribution in [0.2, 0.25) is 0 Å². The number of carbonyl (C=O) groups excluding carboxylic acids is 1. The molecule has 3 rings (SSSR count). The molecule has 1 atom stereocenters. The van der Waals surface area contributed by atoms with Gasteiger partial charge in [0.2, 0.25) is 0 Å². The minimum atomic E-state index is -3.56. The van der Waals surface area contributed by atoms with Gasteiger partial charge in [-0.25, -0.2) is 12.8 Å². The highest BCUT2D eigenvalue weighted by Gasteiger charge is 2.34. The Bertz CT molecular complexity index is 944. The quantitative estimate of drug-likeness (QED) is 0.664. The summed E-state index contributed by atoms with van der Waals surface area (Å²) in [6, 6.07) is 12.8. The van der Waals surface area contributed by atoms with Gasteiger partial charge in [0.15, 0.2) is 9.84 Å². The topological polar surface area (TPSA) is 63.7 Å². The predicted octanol–water partition coefficient (Wildman–Crippen LogP) is 4.01. The van der Waals surface area contributed by atoms with E-state index in [1.807, 2.05) is 0 Å². The molecule has 1 amide bonds. The van der Waals surface area contributed by atoms with Crippen molar-refractivity contribution in [3.63, 3.8) is 0 Å². The van der Waals surface area contributed by atoms with Crippen LogP contribution in [0, 0.1) is 5.82 Å². The fourth-order valence-electron chi connectivity index (χ4n) is 3.44. The fourth-order valence-corrected chi connectivity index (χ4v) is 5.25. The number of ether oxygens (including phenoxy) is 1. The molecule has 0 bridgehead atoms. The molecule has 2 aromatic rings. The third-order valence-electron chi connectivity index (χ3n) is 5.15. The van der Waals surface area contributed by atoms with Crippen LogP contribution in [0.25, 0.3) is 0 Å². The summed E-state index contributed by atoms with van der Waals surface area (Å²) in [5, 5.41) is -0.934. The molecule has 7 heteroatoms. The van der Waals surface area contributed by atoms with Gasteiger partial charge in [-0.2, -0.15) is 0 Å². The summed E-state index contributed by atoms with van der Waals surface area (Å²) in [5.74, 6) is -0.238. The van der Waals surface area contributed by atoms with Crippen LogP contribution in [-0.2, 0) is 9.84 Å². The standard InChI is InChI=1S/C22H26FNO4S/c1-2-3-15-28-18-10-8-17(9-11-18)22(25)24-13-12-21(29(26,27)16-14-24)19-6-4-5-7-20(19)23/h4-11,21H,2-3,12-16H2,1H3. The largest absolute Gasteiger partial charge is 0.494 e. The van der Waals surface area contributed by atoms with E-state index in [1.165, 1.54) is 23.1 Å². The fraction of sp³-hybridized carbons (Fsp3) is 0.409. The summed E-state index contributed by atoms with van der Waals surface area (Å²) < 4.78 is 45.2. The number of amides is 1. The summed E-state index contributed by atoms with van der Waals surface area (Å²) in [5.41, 5.74) is 0.657. The van der Waals surface area contributed by atoms with Crippen molar-refractivity contribution in [1.82, 2.24) is 4.90 Å². The van der Waals surface area contributed by atoms with E-state index < -0.39 is 20.9 Å². The smallest absolute Gasteiger partial charge is 0.253 e. The van der Waals surface area contributed by atoms with E-state index in [9.17, 15) is 17.6 Å². The van der Waals surface area contributed by atoms with E-state index in [1.54, 1.807) is 30.3 Å². The van der Waals surface area contributed by atoms with Crippen molar-refractivity contribution in [2.24, 2.45) is 0 Å². The molecule has 0 N–H and O–H groups in total. The highest BCUT2D eigenvalue weighted by atomic mass is 32.2. The lowest BCUT2D eigenvalue weighted by atomic mass is 10.1. The highest BCUT2D eigenvalue weighted by Crippen LogP contribution is 2.31. The van der Waals surface area contributed by atoms with Crippen LogP contribution in [-0.4, -0.2) is 44.7 Å². The molecule has 1 saturated heterocycles. The molecular formula is C22H26FNO4S. The van der Waals surface area contributed by atoms with Gasteiger partial charge in [-0.05, 0) is 43.2 Å². The zero-order chi connectivity index (χ0) is 20.9. The van der Waals surface area contributed by atoms with Crippen molar-refractivity contribution in [3.8, 4) is 5.75 Å². The molecule has 1 unspecified atom stereocenters. The average Bonchev–Trinajstić information content (AvgIpc) is 2.87. The Morgan fingerprint density at radius 1 is 1.14 bits per heavy atom. The summed E-state index contributed by atoms with van der Waals surface area (Å²) in [6.07, 6.45) is 2.18. The molecule has 156 valence electrons. The molecule has 0 radical (unpaired) electrons. The van der Waals surface area contributed by atoms with Gasteiger partial charge in [-0.3, -0.25) is 4.79 Å². The number of nitrogens with zero attached hydrogens (tertiary/aromatic N) is 1. The Morgan fingerprint density at radius 2 is 1.86 bits per heavy atom. The third-order valence-corrected chi connectivity index (χ3v) is 7.26. The van der Waals surface area contributed by atoms with E-state index in [4.69, 9.17) is 4.74 Å². The molecule has 1 fully saturated rings. The second-order valence-corrected chi connectivity index (χ2v) is 9.49. The maximum absolute atomic E-state index is 14.2. The third kappa shape index (κ3) is 5.15. The zero-order valence-electron chi connectivity index (χ0n) is 16.5. The highest BCUT2D eigenvalue weighted by molar-refractivity contribution is 7.91. The number of benzene rings is 2. The Morgan fingerprint density at radius 3 is 2.55 bits per heavy atom. The maximum atomic E-state index is 14.2. The van der Waals surface area contributed by atoms with Gasteiger partial charge < -0.3 is 9.64 Å². The molecule has 29 heavy (non-hydrogen) atoms. The van der Waals surface area contributed by atoms with E-state index >= 15 is 0 Å². The van der Waals surface area contributed by atoms with Crippen LogP contribution in [0.3, 0.4) is 0 Å². The minimum Gasteiger partial charge on any atom is -0.494 e. The van der Waals surface area contributed by atoms with Gasteiger partial charge in [-0.15, -0.1) is 0 Å². The Hall–Kier alpha value is -2.41. The van der Waals surface area contributed by atoms with Crippen molar-refractivity contribution in [1.29, 1.82) is 0 Å². The molecule has 1 aliphatic heterocycles. The SMILES string of the molecule is CCCCOc1ccc(C(=O)N2CCC(c3ccccc3F)S(=O)(=O)CC2)cc1. The van der Waals surface area contributed by atoms with E-state index in [0.29, 0.717) is 17.9 Å². The number of sulfone groups is 1. The lowest BCUT2D eigenvalue weighted by Gasteiger charge is -2.20. The number of rotatable bonds is 6. The second-order valence-electron chi connectivity index (χ2n) is 7.18. The van der Waals surface area contributed by atoms with Crippen LogP contribution in [0.4, 0.5) is 4.39 Å². The molecule has 1 aliphatic rings. The van der Waals surface area contributed by atoms with Gasteiger partial charge in [0.25, 0.3) is 5.91 Å². The number of carbonyl (C=O) groups is 1. The summed E-state index contributed by atoms with van der Waals surface area (Å²) in [6.45, 7) is 3.07. The van der Waals surface area contributed by atoms with Crippen LogP contribution >= 0.6 is 0 Å². The van der Waals surface area contributed by atoms with Crippen molar-refractivity contribution in [3.05, 3.63) is 65.5 Å². The van der Waals surface area contributed by atoms with Gasteiger partial charge in [0, 0.05) is 24.2 Å². The number of hydrogen-bond acceptors (Lipinski definition) is 4. The summed E-state index contributed by atoms with van der Waals surface area (Å²) in [4.78, 5) is 14.4. The van der Waals surface area contributed by atoms with Gasteiger partial charge in [0.05, 0.1) is 17.6 Å². The maximum Gasteiger partial charge on any atom is 0.253 e. The molecule has 2 aromatic carbocycles. The van der Waals surface area contributed by atoms with Crippen LogP contribution in [0.15, 0.2) is 48.5 Å². The van der Waals surface area contributed by atoms with Crippen molar-refractivity contribution >= 4 is 15.7 Å². The second kappa shape index (κ2) is 9.39. The first-order valence-electron chi connectivity index (χ1n) is 9.90. The molecule has 0 spiro atoms. The molecule has 0 aliphatic carbocycles. The first-order chi connectivity index (χ1) is 13.9. The Kier molecular flexibility index (Phi) is 6.90. The number of halogens is 1. The summed E-state index contributed by atoms with van der Waals surface area (Å²) in [7, 11) is -3.56. The number of unbranched alkanes of at least 4 members (excludes halogenated alkanes) is 1. The first kappa shape index (κ1) is 21.3. The molecule has 0 saturated carbocycles. The molecule has 1 heterocycles. The van der Waals surface area contributed by atoms with E-state index in [0.717, 1.165) is 12.8 Å². The lowest BCUT2D eigenvalue weighted by molar-refractivity contribution is 0.0766. The molecule has 5 nitrogen and oxygen atoms in total. The average molecular weight is 420 g/mol. The minimum absolute atomic E-state index is 0.0981. The van der Waals surface area contributed by atoms with Gasteiger partial charge in [-0.1, -0.05) is 31.5 Å². The normalized spacial score (nSPS) is 18.8.